The molecule has 1 aromatic rings. The van der Waals surface area contributed by atoms with E-state index in [0.29, 0.717) is 37.3 Å². The van der Waals surface area contributed by atoms with E-state index in [-0.39, 0.29) is 17.7 Å². The molecule has 128 valence electrons. The lowest BCUT2D eigenvalue weighted by atomic mass is 10.0. The van der Waals surface area contributed by atoms with Crippen molar-refractivity contribution in [3.8, 4) is 0 Å². The first-order chi connectivity index (χ1) is 10.8. The maximum atomic E-state index is 12.4. The summed E-state index contributed by atoms with van der Waals surface area (Å²) in [6.45, 7) is 4.10. The summed E-state index contributed by atoms with van der Waals surface area (Å²) in [5.74, 6) is -0.149. The van der Waals surface area contributed by atoms with Crippen LogP contribution in [0.5, 0.6) is 0 Å². The number of nitrogens with one attached hydrogen (secondary N) is 1. The molecule has 23 heavy (non-hydrogen) atoms. The normalized spacial score (nSPS) is 19.3. The monoisotopic (exact) mass is 330 g/mol. The summed E-state index contributed by atoms with van der Waals surface area (Å²) < 4.78 is 37.1. The predicted molar refractivity (Wildman–Crippen MR) is 79.1 cm³/mol. The summed E-state index contributed by atoms with van der Waals surface area (Å²) >= 11 is 0. The van der Waals surface area contributed by atoms with Crippen molar-refractivity contribution >= 4 is 5.91 Å². The van der Waals surface area contributed by atoms with Gasteiger partial charge in [0.05, 0.1) is 17.8 Å². The van der Waals surface area contributed by atoms with Gasteiger partial charge in [0, 0.05) is 19.3 Å². The lowest BCUT2D eigenvalue weighted by Crippen LogP contribution is -2.35. The minimum atomic E-state index is -4.17. The molecule has 1 N–H and O–H groups in total. The summed E-state index contributed by atoms with van der Waals surface area (Å²) in [5.41, 5.74) is 1.09. The fourth-order valence-electron chi connectivity index (χ4n) is 2.78. The lowest BCUT2D eigenvalue weighted by molar-refractivity contribution is -0.143. The van der Waals surface area contributed by atoms with E-state index in [2.05, 4.69) is 15.3 Å². The van der Waals surface area contributed by atoms with Crippen LogP contribution >= 0.6 is 0 Å². The highest BCUT2D eigenvalue weighted by Crippen LogP contribution is 2.22. The Morgan fingerprint density at radius 3 is 2.87 bits per heavy atom. The molecule has 0 aliphatic carbocycles. The Labute approximate surface area is 133 Å². The van der Waals surface area contributed by atoms with Crippen LogP contribution in [0.25, 0.3) is 0 Å². The van der Waals surface area contributed by atoms with Crippen LogP contribution in [0.15, 0.2) is 12.5 Å². The molecule has 1 atom stereocenters. The topological polar surface area (TPSA) is 58.1 Å². The third-order valence-electron chi connectivity index (χ3n) is 3.86. The zero-order chi connectivity index (χ0) is 17.0. The number of carbonyl (C=O) groups excluding carboxylic acids is 1. The average molecular weight is 330 g/mol. The Hall–Kier alpha value is -1.70. The van der Waals surface area contributed by atoms with E-state index in [4.69, 9.17) is 0 Å². The quantitative estimate of drug-likeness (QED) is 0.899. The standard InChI is InChI=1S/C15H21F3N4O/c1-10(2)13-12(6-19-9-21-13)14(23)20-5-11-3-4-22(7-11)8-15(16,17)18/h6,9-11H,3-5,7-8H2,1-2H3,(H,20,23). The maximum Gasteiger partial charge on any atom is 0.401 e. The summed E-state index contributed by atoms with van der Waals surface area (Å²) in [5, 5.41) is 2.79. The predicted octanol–water partition coefficient (Wildman–Crippen LogP) is 2.21. The molecular formula is C15H21F3N4O. The molecule has 1 aliphatic heterocycles. The summed E-state index contributed by atoms with van der Waals surface area (Å²) in [6, 6.07) is 0. The van der Waals surface area contributed by atoms with E-state index in [1.807, 2.05) is 13.8 Å². The average Bonchev–Trinajstić information content (AvgIpc) is 2.90. The molecule has 1 fully saturated rings. The van der Waals surface area contributed by atoms with Gasteiger partial charge in [-0.1, -0.05) is 13.8 Å². The van der Waals surface area contributed by atoms with Crippen molar-refractivity contribution in [3.05, 3.63) is 23.8 Å². The largest absolute Gasteiger partial charge is 0.401 e. The van der Waals surface area contributed by atoms with Gasteiger partial charge < -0.3 is 5.32 Å². The van der Waals surface area contributed by atoms with Gasteiger partial charge in [-0.05, 0) is 24.8 Å². The molecule has 0 radical (unpaired) electrons. The van der Waals surface area contributed by atoms with Crippen molar-refractivity contribution in [3.63, 3.8) is 0 Å². The van der Waals surface area contributed by atoms with Gasteiger partial charge >= 0.3 is 6.18 Å². The zero-order valence-corrected chi connectivity index (χ0v) is 13.2. The van der Waals surface area contributed by atoms with Gasteiger partial charge in [0.15, 0.2) is 0 Å². The van der Waals surface area contributed by atoms with Crippen LogP contribution in [0, 0.1) is 5.92 Å². The molecule has 0 aromatic carbocycles. The first-order valence-corrected chi connectivity index (χ1v) is 7.63. The highest BCUT2D eigenvalue weighted by Gasteiger charge is 2.34. The van der Waals surface area contributed by atoms with Crippen LogP contribution in [0.4, 0.5) is 13.2 Å². The molecule has 0 saturated carbocycles. The summed E-state index contributed by atoms with van der Waals surface area (Å²) in [4.78, 5) is 21.6. The molecule has 1 unspecified atom stereocenters. The number of amides is 1. The minimum absolute atomic E-state index is 0.0356. The number of nitrogens with zero attached hydrogens (tertiary/aromatic N) is 3. The maximum absolute atomic E-state index is 12.4. The first-order valence-electron chi connectivity index (χ1n) is 7.63. The van der Waals surface area contributed by atoms with Gasteiger partial charge in [-0.25, -0.2) is 9.97 Å². The van der Waals surface area contributed by atoms with E-state index in [9.17, 15) is 18.0 Å². The van der Waals surface area contributed by atoms with Crippen molar-refractivity contribution in [2.75, 3.05) is 26.2 Å². The Morgan fingerprint density at radius 1 is 1.48 bits per heavy atom. The van der Waals surface area contributed by atoms with Crippen molar-refractivity contribution in [2.45, 2.75) is 32.4 Å². The highest BCUT2D eigenvalue weighted by atomic mass is 19.4. The number of likely N-dealkylation sites (tertiary alicyclic amines) is 1. The first kappa shape index (κ1) is 17.7. The molecule has 2 heterocycles. The van der Waals surface area contributed by atoms with Gasteiger partial charge in [0.1, 0.15) is 6.33 Å². The fraction of sp³-hybridized carbons (Fsp3) is 0.667. The number of halogens is 3. The smallest absolute Gasteiger partial charge is 0.352 e. The third kappa shape index (κ3) is 5.16. The molecule has 0 bridgehead atoms. The number of carbonyl (C=O) groups is 1. The second kappa shape index (κ2) is 7.25. The molecule has 1 amide bonds. The van der Waals surface area contributed by atoms with E-state index in [1.54, 1.807) is 0 Å². The van der Waals surface area contributed by atoms with Crippen LogP contribution in [-0.4, -0.2) is 53.1 Å². The van der Waals surface area contributed by atoms with Gasteiger partial charge in [-0.2, -0.15) is 13.2 Å². The molecular weight excluding hydrogens is 309 g/mol. The lowest BCUT2D eigenvalue weighted by Gasteiger charge is -2.18. The Morgan fingerprint density at radius 2 is 2.22 bits per heavy atom. The summed E-state index contributed by atoms with van der Waals surface area (Å²) in [6.07, 6.45) is -0.648. The molecule has 2 rings (SSSR count). The number of hydrogen-bond donors (Lipinski definition) is 1. The summed E-state index contributed by atoms with van der Waals surface area (Å²) in [7, 11) is 0. The number of alkyl halides is 3. The van der Waals surface area contributed by atoms with Crippen LogP contribution in [0.1, 0.15) is 42.2 Å². The van der Waals surface area contributed by atoms with E-state index >= 15 is 0 Å². The molecule has 0 spiro atoms. The Balaban J connectivity index is 1.86. The number of hydrogen-bond acceptors (Lipinski definition) is 4. The molecule has 1 aromatic heterocycles. The highest BCUT2D eigenvalue weighted by molar-refractivity contribution is 5.95. The van der Waals surface area contributed by atoms with Crippen molar-refractivity contribution in [2.24, 2.45) is 5.92 Å². The molecule has 5 nitrogen and oxygen atoms in total. The molecule has 8 heteroatoms. The molecule has 1 aliphatic rings. The fourth-order valence-corrected chi connectivity index (χ4v) is 2.78. The van der Waals surface area contributed by atoms with Gasteiger partial charge in [-0.3, -0.25) is 9.69 Å². The van der Waals surface area contributed by atoms with Gasteiger partial charge in [0.2, 0.25) is 0 Å². The zero-order valence-electron chi connectivity index (χ0n) is 13.2. The SMILES string of the molecule is CC(C)c1ncncc1C(=O)NCC1CCN(CC(F)(F)F)C1. The molecule has 1 saturated heterocycles. The van der Waals surface area contributed by atoms with Gasteiger partial charge in [0.25, 0.3) is 5.91 Å². The second-order valence-electron chi connectivity index (χ2n) is 6.19. The minimum Gasteiger partial charge on any atom is -0.352 e. The number of rotatable bonds is 5. The Kier molecular flexibility index (Phi) is 5.56. The van der Waals surface area contributed by atoms with E-state index < -0.39 is 12.7 Å². The van der Waals surface area contributed by atoms with Crippen LogP contribution in [-0.2, 0) is 0 Å². The van der Waals surface area contributed by atoms with Gasteiger partial charge in [-0.15, -0.1) is 0 Å². The second-order valence-corrected chi connectivity index (χ2v) is 6.19. The van der Waals surface area contributed by atoms with Crippen molar-refractivity contribution in [1.82, 2.24) is 20.2 Å². The van der Waals surface area contributed by atoms with Crippen LogP contribution < -0.4 is 5.32 Å². The van der Waals surface area contributed by atoms with Crippen molar-refractivity contribution in [1.29, 1.82) is 0 Å². The van der Waals surface area contributed by atoms with Crippen molar-refractivity contribution < 1.29 is 18.0 Å². The third-order valence-corrected chi connectivity index (χ3v) is 3.86. The van der Waals surface area contributed by atoms with E-state index in [0.717, 1.165) is 0 Å². The van der Waals surface area contributed by atoms with Crippen LogP contribution in [0.2, 0.25) is 0 Å². The number of aromatic nitrogens is 2. The van der Waals surface area contributed by atoms with E-state index in [1.165, 1.54) is 17.4 Å². The van der Waals surface area contributed by atoms with Crippen LogP contribution in [0.3, 0.4) is 0 Å². The Bertz CT molecular complexity index is 548.